The van der Waals surface area contributed by atoms with E-state index in [0.29, 0.717) is 17.2 Å². The number of para-hydroxylation sites is 2. The van der Waals surface area contributed by atoms with Gasteiger partial charge in [-0.15, -0.1) is 0 Å². The molecule has 1 atom stereocenters. The molecule has 0 heterocycles. The highest BCUT2D eigenvalue weighted by Gasteiger charge is 2.16. The van der Waals surface area contributed by atoms with E-state index in [-0.39, 0.29) is 11.4 Å². The van der Waals surface area contributed by atoms with Crippen LogP contribution in [0.4, 0.5) is 24.5 Å². The molecule has 30 heavy (non-hydrogen) atoms. The Labute approximate surface area is 171 Å². The van der Waals surface area contributed by atoms with E-state index in [1.54, 1.807) is 24.3 Å². The van der Waals surface area contributed by atoms with Crippen molar-refractivity contribution in [2.75, 3.05) is 17.7 Å². The van der Waals surface area contributed by atoms with E-state index in [1.165, 1.54) is 26.2 Å². The third-order valence-corrected chi connectivity index (χ3v) is 4.18. The lowest BCUT2D eigenvalue weighted by Gasteiger charge is -2.16. The highest BCUT2D eigenvalue weighted by Crippen LogP contribution is 2.33. The van der Waals surface area contributed by atoms with Gasteiger partial charge in [0, 0.05) is 17.8 Å². The molecule has 1 unspecified atom stereocenters. The number of benzene rings is 3. The molecule has 0 saturated carbocycles. The molecule has 0 aromatic heterocycles. The fourth-order valence-corrected chi connectivity index (χ4v) is 2.64. The summed E-state index contributed by atoms with van der Waals surface area (Å²) in [4.78, 5) is 12.2. The molecular formula is C22H19F3N2O3. The maximum Gasteiger partial charge on any atom is 0.246 e. The van der Waals surface area contributed by atoms with Crippen molar-refractivity contribution in [3.63, 3.8) is 0 Å². The van der Waals surface area contributed by atoms with Gasteiger partial charge in [0.2, 0.25) is 5.91 Å². The zero-order valence-electron chi connectivity index (χ0n) is 16.2. The zero-order chi connectivity index (χ0) is 21.7. The Kier molecular flexibility index (Phi) is 6.46. The van der Waals surface area contributed by atoms with Crippen LogP contribution in [0, 0.1) is 17.5 Å². The van der Waals surface area contributed by atoms with Crippen LogP contribution in [0.3, 0.4) is 0 Å². The second-order valence-electron chi connectivity index (χ2n) is 6.38. The number of rotatable bonds is 7. The normalized spacial score (nSPS) is 11.5. The van der Waals surface area contributed by atoms with Crippen molar-refractivity contribution >= 4 is 17.3 Å². The molecule has 0 aliphatic heterocycles. The lowest BCUT2D eigenvalue weighted by molar-refractivity contribution is -0.116. The number of anilines is 2. The van der Waals surface area contributed by atoms with Crippen LogP contribution in [-0.4, -0.2) is 19.1 Å². The summed E-state index contributed by atoms with van der Waals surface area (Å²) in [6, 6.07) is 12.8. The Balaban J connectivity index is 1.67. The first-order valence-corrected chi connectivity index (χ1v) is 9.00. The molecule has 3 aromatic carbocycles. The topological polar surface area (TPSA) is 59.6 Å². The number of hydrogen-bond donors (Lipinski definition) is 2. The molecule has 3 aromatic rings. The van der Waals surface area contributed by atoms with Crippen molar-refractivity contribution in [2.45, 2.75) is 13.0 Å². The molecule has 2 N–H and O–H groups in total. The van der Waals surface area contributed by atoms with Crippen molar-refractivity contribution in [1.29, 1.82) is 0 Å². The lowest BCUT2D eigenvalue weighted by atomic mass is 10.2. The number of carbonyl (C=O) groups excluding carboxylic acids is 1. The predicted molar refractivity (Wildman–Crippen MR) is 108 cm³/mol. The Morgan fingerprint density at radius 1 is 0.900 bits per heavy atom. The van der Waals surface area contributed by atoms with Gasteiger partial charge in [-0.3, -0.25) is 4.79 Å². The Hall–Kier alpha value is -3.68. The van der Waals surface area contributed by atoms with Gasteiger partial charge in [0.1, 0.15) is 17.7 Å². The summed E-state index contributed by atoms with van der Waals surface area (Å²) in [5.74, 6) is -1.94. The number of carbonyl (C=O) groups is 1. The minimum absolute atomic E-state index is 0.0241. The van der Waals surface area contributed by atoms with Crippen LogP contribution in [-0.2, 0) is 4.79 Å². The molecule has 0 aliphatic rings. The van der Waals surface area contributed by atoms with E-state index in [2.05, 4.69) is 10.6 Å². The average Bonchev–Trinajstić information content (AvgIpc) is 2.73. The standard InChI is InChI=1S/C22H19F3N2O3/c1-13(22(28)27-18-11-14(23)7-9-16(18)24)26-15-8-10-19(17(25)12-15)30-21-6-4-3-5-20(21)29-2/h3-13,26H,1-2H3,(H,27,28). The second-order valence-corrected chi connectivity index (χ2v) is 6.38. The lowest BCUT2D eigenvalue weighted by Crippen LogP contribution is -2.32. The number of halogens is 3. The highest BCUT2D eigenvalue weighted by molar-refractivity contribution is 5.96. The van der Waals surface area contributed by atoms with Gasteiger partial charge in [0.25, 0.3) is 0 Å². The summed E-state index contributed by atoms with van der Waals surface area (Å²) in [6.07, 6.45) is 0. The fourth-order valence-electron chi connectivity index (χ4n) is 2.64. The van der Waals surface area contributed by atoms with Crippen LogP contribution >= 0.6 is 0 Å². The molecule has 0 saturated heterocycles. The molecule has 1 amide bonds. The molecule has 5 nitrogen and oxygen atoms in total. The summed E-state index contributed by atoms with van der Waals surface area (Å²) < 4.78 is 52.1. The van der Waals surface area contributed by atoms with Crippen molar-refractivity contribution in [1.82, 2.24) is 0 Å². The molecule has 0 radical (unpaired) electrons. The molecule has 3 rings (SSSR count). The minimum atomic E-state index is -0.854. The number of amides is 1. The predicted octanol–water partition coefficient (Wildman–Crippen LogP) is 5.34. The number of methoxy groups -OCH3 is 1. The van der Waals surface area contributed by atoms with Crippen molar-refractivity contribution in [3.8, 4) is 17.2 Å². The van der Waals surface area contributed by atoms with Gasteiger partial charge in [-0.2, -0.15) is 0 Å². The van der Waals surface area contributed by atoms with Gasteiger partial charge in [0.15, 0.2) is 23.1 Å². The van der Waals surface area contributed by atoms with Crippen molar-refractivity contribution in [2.24, 2.45) is 0 Å². The van der Waals surface area contributed by atoms with Gasteiger partial charge >= 0.3 is 0 Å². The van der Waals surface area contributed by atoms with Crippen LogP contribution in [0.1, 0.15) is 6.92 Å². The first kappa shape index (κ1) is 21.0. The monoisotopic (exact) mass is 416 g/mol. The van der Waals surface area contributed by atoms with Crippen LogP contribution < -0.4 is 20.1 Å². The van der Waals surface area contributed by atoms with Gasteiger partial charge in [0.05, 0.1) is 12.8 Å². The third kappa shape index (κ3) is 5.02. The molecule has 8 heteroatoms. The molecule has 0 fully saturated rings. The molecule has 0 spiro atoms. The van der Waals surface area contributed by atoms with Gasteiger partial charge < -0.3 is 20.1 Å². The fraction of sp³-hybridized carbons (Fsp3) is 0.136. The number of ether oxygens (including phenoxy) is 2. The molecular weight excluding hydrogens is 397 g/mol. The second kappa shape index (κ2) is 9.21. The zero-order valence-corrected chi connectivity index (χ0v) is 16.2. The first-order chi connectivity index (χ1) is 14.4. The minimum Gasteiger partial charge on any atom is -0.493 e. The number of nitrogens with one attached hydrogen (secondary N) is 2. The van der Waals surface area contributed by atoms with Gasteiger partial charge in [-0.25, -0.2) is 13.2 Å². The highest BCUT2D eigenvalue weighted by atomic mass is 19.1. The van der Waals surface area contributed by atoms with E-state index < -0.39 is 29.4 Å². The average molecular weight is 416 g/mol. The van der Waals surface area contributed by atoms with Crippen LogP contribution in [0.2, 0.25) is 0 Å². The van der Waals surface area contributed by atoms with Crippen LogP contribution in [0.5, 0.6) is 17.2 Å². The first-order valence-electron chi connectivity index (χ1n) is 9.00. The van der Waals surface area contributed by atoms with E-state index in [0.717, 1.165) is 24.3 Å². The third-order valence-electron chi connectivity index (χ3n) is 4.18. The summed E-state index contributed by atoms with van der Waals surface area (Å²) >= 11 is 0. The van der Waals surface area contributed by atoms with Crippen LogP contribution in [0.15, 0.2) is 60.7 Å². The quantitative estimate of drug-likeness (QED) is 0.546. The number of hydrogen-bond acceptors (Lipinski definition) is 4. The van der Waals surface area contributed by atoms with Crippen molar-refractivity contribution in [3.05, 3.63) is 78.1 Å². The summed E-state index contributed by atoms with van der Waals surface area (Å²) in [7, 11) is 1.48. The van der Waals surface area contributed by atoms with E-state index in [9.17, 15) is 18.0 Å². The molecule has 0 bridgehead atoms. The van der Waals surface area contributed by atoms with Crippen LogP contribution in [0.25, 0.3) is 0 Å². The van der Waals surface area contributed by atoms with E-state index in [1.807, 2.05) is 0 Å². The van der Waals surface area contributed by atoms with E-state index in [4.69, 9.17) is 9.47 Å². The van der Waals surface area contributed by atoms with Crippen molar-refractivity contribution < 1.29 is 27.4 Å². The smallest absolute Gasteiger partial charge is 0.246 e. The summed E-state index contributed by atoms with van der Waals surface area (Å²) in [5, 5.41) is 5.10. The van der Waals surface area contributed by atoms with Gasteiger partial charge in [-0.1, -0.05) is 12.1 Å². The Bertz CT molecular complexity index is 1060. The Morgan fingerprint density at radius 3 is 2.33 bits per heavy atom. The SMILES string of the molecule is COc1ccccc1Oc1ccc(NC(C)C(=O)Nc2cc(F)ccc2F)cc1F. The summed E-state index contributed by atoms with van der Waals surface area (Å²) in [5.41, 5.74) is 0.0302. The maximum absolute atomic E-state index is 14.5. The molecule has 0 aliphatic carbocycles. The largest absolute Gasteiger partial charge is 0.493 e. The molecule has 156 valence electrons. The summed E-state index contributed by atoms with van der Waals surface area (Å²) in [6.45, 7) is 1.50. The van der Waals surface area contributed by atoms with E-state index >= 15 is 0 Å². The maximum atomic E-state index is 14.5. The Morgan fingerprint density at radius 2 is 1.63 bits per heavy atom. The van der Waals surface area contributed by atoms with Gasteiger partial charge in [-0.05, 0) is 43.3 Å².